The third-order valence-electron chi connectivity index (χ3n) is 4.99. The Labute approximate surface area is 187 Å². The summed E-state index contributed by atoms with van der Waals surface area (Å²) in [5.41, 5.74) is 3.60. The number of benzene rings is 3. The van der Waals surface area contributed by atoms with Crippen molar-refractivity contribution in [3.05, 3.63) is 120 Å². The molecule has 0 aliphatic carbocycles. The fourth-order valence-corrected chi connectivity index (χ4v) is 3.36. The van der Waals surface area contributed by atoms with Gasteiger partial charge in [0.2, 0.25) is 11.8 Å². The van der Waals surface area contributed by atoms with Gasteiger partial charge >= 0.3 is 0 Å². The van der Waals surface area contributed by atoms with Gasteiger partial charge in [0.25, 0.3) is 0 Å². The number of ether oxygens (including phenoxy) is 2. The minimum absolute atomic E-state index is 0.114. The van der Waals surface area contributed by atoms with Crippen molar-refractivity contribution in [1.82, 2.24) is 4.98 Å². The average Bonchev–Trinajstić information content (AvgIpc) is 2.85. The van der Waals surface area contributed by atoms with Crippen molar-refractivity contribution in [3.63, 3.8) is 0 Å². The molecule has 32 heavy (non-hydrogen) atoms. The fourth-order valence-electron chi connectivity index (χ4n) is 3.36. The van der Waals surface area contributed by atoms with Gasteiger partial charge in [-0.05, 0) is 34.9 Å². The van der Waals surface area contributed by atoms with Crippen molar-refractivity contribution in [2.45, 2.75) is 12.5 Å². The Morgan fingerprint density at radius 1 is 0.844 bits per heavy atom. The lowest BCUT2D eigenvalue weighted by Gasteiger charge is -2.19. The summed E-state index contributed by atoms with van der Waals surface area (Å²) in [7, 11) is 1.62. The number of nitrogens with zero attached hydrogens (tertiary/aromatic N) is 1. The van der Waals surface area contributed by atoms with Gasteiger partial charge in [-0.15, -0.1) is 0 Å². The number of hydrogen-bond donors (Lipinski definition) is 1. The van der Waals surface area contributed by atoms with Gasteiger partial charge in [0.1, 0.15) is 5.75 Å². The Morgan fingerprint density at radius 2 is 1.47 bits per heavy atom. The zero-order valence-electron chi connectivity index (χ0n) is 17.8. The van der Waals surface area contributed by atoms with E-state index in [0.717, 1.165) is 22.4 Å². The normalized spacial score (nSPS) is 10.6. The third-order valence-corrected chi connectivity index (χ3v) is 4.99. The van der Waals surface area contributed by atoms with E-state index >= 15 is 0 Å². The Hall–Kier alpha value is -4.12. The molecule has 1 aromatic heterocycles. The second-order valence-electron chi connectivity index (χ2n) is 7.28. The van der Waals surface area contributed by atoms with E-state index in [4.69, 9.17) is 9.47 Å². The fraction of sp³-hybridized carbons (Fsp3) is 0.111. The molecule has 160 valence electrons. The topological polar surface area (TPSA) is 60.5 Å². The molecule has 0 saturated heterocycles. The highest BCUT2D eigenvalue weighted by atomic mass is 16.5. The summed E-state index contributed by atoms with van der Waals surface area (Å²) in [5.74, 6) is 1.13. The van der Waals surface area contributed by atoms with E-state index in [-0.39, 0.29) is 18.4 Å². The highest BCUT2D eigenvalue weighted by molar-refractivity contribution is 5.92. The van der Waals surface area contributed by atoms with E-state index < -0.39 is 0 Å². The van der Waals surface area contributed by atoms with Crippen LogP contribution in [0.3, 0.4) is 0 Å². The van der Waals surface area contributed by atoms with Crippen molar-refractivity contribution in [2.75, 3.05) is 12.4 Å². The van der Waals surface area contributed by atoms with Gasteiger partial charge in [-0.2, -0.15) is 0 Å². The first-order valence-corrected chi connectivity index (χ1v) is 10.4. The Morgan fingerprint density at radius 3 is 2.00 bits per heavy atom. The van der Waals surface area contributed by atoms with Crippen LogP contribution in [0.15, 0.2) is 103 Å². The van der Waals surface area contributed by atoms with Gasteiger partial charge < -0.3 is 14.8 Å². The Kier molecular flexibility index (Phi) is 6.78. The predicted octanol–water partition coefficient (Wildman–Crippen LogP) is 5.44. The number of pyridine rings is 1. The molecule has 0 aliphatic rings. The molecule has 5 heteroatoms. The molecule has 1 heterocycles. The van der Waals surface area contributed by atoms with Gasteiger partial charge in [-0.1, -0.05) is 72.8 Å². The highest BCUT2D eigenvalue weighted by Crippen LogP contribution is 2.27. The molecule has 4 rings (SSSR count). The van der Waals surface area contributed by atoms with Crippen LogP contribution in [0.2, 0.25) is 0 Å². The molecular formula is C27H24N2O3. The zero-order chi connectivity index (χ0) is 22.2. The number of carbonyl (C=O) groups excluding carboxylic acids is 1. The van der Waals surface area contributed by atoms with Gasteiger partial charge in [0, 0.05) is 6.07 Å². The summed E-state index contributed by atoms with van der Waals surface area (Å²) in [5, 5.41) is 2.87. The quantitative estimate of drug-likeness (QED) is 0.409. The van der Waals surface area contributed by atoms with Gasteiger partial charge in [0.05, 0.1) is 25.4 Å². The molecule has 0 bridgehead atoms. The SMILES string of the molecule is COc1ccc(CC(=O)Nc2ccc(OC(c3ccccc3)c3ccccc3)nc2)cc1. The standard InChI is InChI=1S/C27H24N2O3/c1-31-24-15-12-20(13-16-24)18-25(30)29-23-14-17-26(28-19-23)32-27(21-8-4-2-5-9-21)22-10-6-3-7-11-22/h2-17,19,27H,18H2,1H3,(H,29,30). The lowest BCUT2D eigenvalue weighted by molar-refractivity contribution is -0.115. The summed E-state index contributed by atoms with van der Waals surface area (Å²) >= 11 is 0. The van der Waals surface area contributed by atoms with Crippen LogP contribution in [-0.4, -0.2) is 18.0 Å². The van der Waals surface area contributed by atoms with Crippen LogP contribution in [0, 0.1) is 0 Å². The van der Waals surface area contributed by atoms with Crippen LogP contribution in [0.25, 0.3) is 0 Å². The number of methoxy groups -OCH3 is 1. The first-order valence-electron chi connectivity index (χ1n) is 10.4. The molecule has 0 unspecified atom stereocenters. The third kappa shape index (κ3) is 5.52. The molecule has 0 spiro atoms. The summed E-state index contributed by atoms with van der Waals surface area (Å²) in [4.78, 5) is 16.8. The highest BCUT2D eigenvalue weighted by Gasteiger charge is 2.16. The maximum Gasteiger partial charge on any atom is 0.228 e. The number of aromatic nitrogens is 1. The molecule has 4 aromatic rings. The Balaban J connectivity index is 1.42. The van der Waals surface area contributed by atoms with Crippen molar-refractivity contribution in [1.29, 1.82) is 0 Å². The van der Waals surface area contributed by atoms with Crippen LogP contribution >= 0.6 is 0 Å². The van der Waals surface area contributed by atoms with Crippen LogP contribution in [0.1, 0.15) is 22.8 Å². The van der Waals surface area contributed by atoms with Crippen LogP contribution < -0.4 is 14.8 Å². The Bertz CT molecular complexity index is 1090. The molecule has 0 saturated carbocycles. The van der Waals surface area contributed by atoms with Crippen LogP contribution in [-0.2, 0) is 11.2 Å². The van der Waals surface area contributed by atoms with Gasteiger partial charge in [-0.3, -0.25) is 4.79 Å². The van der Waals surface area contributed by atoms with Crippen molar-refractivity contribution in [3.8, 4) is 11.6 Å². The zero-order valence-corrected chi connectivity index (χ0v) is 17.8. The smallest absolute Gasteiger partial charge is 0.228 e. The molecular weight excluding hydrogens is 400 g/mol. The minimum atomic E-state index is -0.277. The minimum Gasteiger partial charge on any atom is -0.497 e. The number of anilines is 1. The monoisotopic (exact) mass is 424 g/mol. The van der Waals surface area contributed by atoms with E-state index in [0.29, 0.717) is 11.6 Å². The summed E-state index contributed by atoms with van der Waals surface area (Å²) < 4.78 is 11.4. The number of carbonyl (C=O) groups is 1. The molecule has 5 nitrogen and oxygen atoms in total. The molecule has 0 fully saturated rings. The van der Waals surface area contributed by atoms with E-state index in [1.165, 1.54) is 0 Å². The first kappa shape index (κ1) is 21.1. The number of nitrogens with one attached hydrogen (secondary N) is 1. The first-order chi connectivity index (χ1) is 15.7. The van der Waals surface area contributed by atoms with Crippen LogP contribution in [0.5, 0.6) is 11.6 Å². The number of hydrogen-bond acceptors (Lipinski definition) is 4. The van der Waals surface area contributed by atoms with E-state index in [1.54, 1.807) is 25.4 Å². The molecule has 0 aliphatic heterocycles. The van der Waals surface area contributed by atoms with Gasteiger partial charge in [-0.25, -0.2) is 4.98 Å². The van der Waals surface area contributed by atoms with Crippen molar-refractivity contribution >= 4 is 11.6 Å². The second kappa shape index (κ2) is 10.3. The van der Waals surface area contributed by atoms with E-state index in [9.17, 15) is 4.79 Å². The number of amides is 1. The largest absolute Gasteiger partial charge is 0.497 e. The molecule has 3 aromatic carbocycles. The van der Waals surface area contributed by atoms with Crippen molar-refractivity contribution in [2.24, 2.45) is 0 Å². The lowest BCUT2D eigenvalue weighted by atomic mass is 10.0. The number of rotatable bonds is 8. The molecule has 1 N–H and O–H groups in total. The van der Waals surface area contributed by atoms with Crippen LogP contribution in [0.4, 0.5) is 5.69 Å². The maximum atomic E-state index is 12.4. The summed E-state index contributed by atoms with van der Waals surface area (Å²) in [6.07, 6.45) is 1.60. The maximum absolute atomic E-state index is 12.4. The molecule has 1 amide bonds. The molecule has 0 atom stereocenters. The predicted molar refractivity (Wildman–Crippen MR) is 125 cm³/mol. The lowest BCUT2D eigenvalue weighted by Crippen LogP contribution is -2.15. The van der Waals surface area contributed by atoms with Gasteiger partial charge in [0.15, 0.2) is 6.10 Å². The average molecular weight is 425 g/mol. The van der Waals surface area contributed by atoms with E-state index in [2.05, 4.69) is 10.3 Å². The summed E-state index contributed by atoms with van der Waals surface area (Å²) in [6, 6.07) is 31.0. The van der Waals surface area contributed by atoms with Crippen molar-refractivity contribution < 1.29 is 14.3 Å². The molecule has 0 radical (unpaired) electrons. The van der Waals surface area contributed by atoms with E-state index in [1.807, 2.05) is 84.9 Å². The summed E-state index contributed by atoms with van der Waals surface area (Å²) in [6.45, 7) is 0. The second-order valence-corrected chi connectivity index (χ2v) is 7.28.